The molecule has 8 heteroatoms. The Hall–Kier alpha value is -1.42. The molecule has 1 aromatic carbocycles. The molecule has 1 fully saturated rings. The molecule has 0 radical (unpaired) electrons. The van der Waals surface area contributed by atoms with Gasteiger partial charge in [-0.3, -0.25) is 4.90 Å². The van der Waals surface area contributed by atoms with Gasteiger partial charge in [0.1, 0.15) is 0 Å². The summed E-state index contributed by atoms with van der Waals surface area (Å²) in [6, 6.07) is 4.31. The third-order valence-corrected chi connectivity index (χ3v) is 4.58. The fraction of sp³-hybridized carbons (Fsp3) is 0.611. The Morgan fingerprint density at radius 2 is 1.88 bits per heavy atom. The SMILES string of the molecule is CCN1CCCC1CNC(N)=NCc1cc(OC)c(OC)c(OC)c1.I. The molecule has 0 bridgehead atoms. The average molecular weight is 478 g/mol. The first kappa shape index (κ1) is 22.6. The van der Waals surface area contributed by atoms with Gasteiger partial charge < -0.3 is 25.3 Å². The first-order valence-electron chi connectivity index (χ1n) is 8.69. The van der Waals surface area contributed by atoms with Crippen LogP contribution in [0.4, 0.5) is 0 Å². The summed E-state index contributed by atoms with van der Waals surface area (Å²) in [5.74, 6) is 2.26. The van der Waals surface area contributed by atoms with Crippen LogP contribution in [-0.2, 0) is 6.54 Å². The van der Waals surface area contributed by atoms with Gasteiger partial charge in [0, 0.05) is 12.6 Å². The molecule has 1 aliphatic heterocycles. The van der Waals surface area contributed by atoms with Gasteiger partial charge in [-0.25, -0.2) is 4.99 Å². The van der Waals surface area contributed by atoms with Crippen LogP contribution in [-0.4, -0.2) is 57.9 Å². The Balaban J connectivity index is 0.00000338. The number of nitrogens with two attached hydrogens (primary N) is 1. The molecular formula is C18H31IN4O3. The molecule has 26 heavy (non-hydrogen) atoms. The molecule has 0 aromatic heterocycles. The summed E-state index contributed by atoms with van der Waals surface area (Å²) in [6.45, 7) is 5.72. The number of likely N-dealkylation sites (tertiary alicyclic amines) is 1. The minimum Gasteiger partial charge on any atom is -0.493 e. The number of halogens is 1. The third-order valence-electron chi connectivity index (χ3n) is 4.58. The number of methoxy groups -OCH3 is 3. The van der Waals surface area contributed by atoms with Crippen molar-refractivity contribution in [3.63, 3.8) is 0 Å². The Morgan fingerprint density at radius 3 is 2.42 bits per heavy atom. The fourth-order valence-electron chi connectivity index (χ4n) is 3.22. The summed E-state index contributed by atoms with van der Waals surface area (Å²) in [6.07, 6.45) is 2.46. The van der Waals surface area contributed by atoms with E-state index < -0.39 is 0 Å². The van der Waals surface area contributed by atoms with Crippen LogP contribution < -0.4 is 25.3 Å². The van der Waals surface area contributed by atoms with Crippen LogP contribution in [0.1, 0.15) is 25.3 Å². The molecule has 1 aromatic rings. The summed E-state index contributed by atoms with van der Waals surface area (Å²) in [5.41, 5.74) is 6.96. The van der Waals surface area contributed by atoms with Gasteiger partial charge in [0.25, 0.3) is 0 Å². The maximum Gasteiger partial charge on any atom is 0.203 e. The summed E-state index contributed by atoms with van der Waals surface area (Å²) < 4.78 is 16.0. The van der Waals surface area contributed by atoms with Crippen LogP contribution in [0.3, 0.4) is 0 Å². The number of hydrogen-bond acceptors (Lipinski definition) is 5. The molecule has 1 unspecified atom stereocenters. The van der Waals surface area contributed by atoms with Crippen molar-refractivity contribution in [3.8, 4) is 17.2 Å². The van der Waals surface area contributed by atoms with E-state index in [0.717, 1.165) is 18.7 Å². The number of likely N-dealkylation sites (N-methyl/N-ethyl adjacent to an activating group) is 1. The Labute approximate surface area is 173 Å². The van der Waals surface area contributed by atoms with E-state index in [-0.39, 0.29) is 24.0 Å². The van der Waals surface area contributed by atoms with E-state index in [1.54, 1.807) is 21.3 Å². The van der Waals surface area contributed by atoms with Crippen molar-refractivity contribution in [2.45, 2.75) is 32.4 Å². The van der Waals surface area contributed by atoms with Crippen LogP contribution in [0.25, 0.3) is 0 Å². The maximum atomic E-state index is 6.02. The van der Waals surface area contributed by atoms with Gasteiger partial charge in [-0.05, 0) is 43.6 Å². The van der Waals surface area contributed by atoms with Gasteiger partial charge in [-0.15, -0.1) is 24.0 Å². The van der Waals surface area contributed by atoms with E-state index in [0.29, 0.717) is 35.8 Å². The van der Waals surface area contributed by atoms with Gasteiger partial charge in [-0.2, -0.15) is 0 Å². The highest BCUT2D eigenvalue weighted by Crippen LogP contribution is 2.38. The molecule has 3 N–H and O–H groups in total. The Kier molecular flexibility index (Phi) is 9.85. The minimum absolute atomic E-state index is 0. The standard InChI is InChI=1S/C18H30N4O3.HI/c1-5-22-8-6-7-14(22)12-21-18(19)20-11-13-9-15(23-2)17(25-4)16(10-13)24-3;/h9-10,14H,5-8,11-12H2,1-4H3,(H3,19,20,21);1H. The molecule has 0 aliphatic carbocycles. The first-order valence-corrected chi connectivity index (χ1v) is 8.69. The summed E-state index contributed by atoms with van der Waals surface area (Å²) in [7, 11) is 4.78. The van der Waals surface area contributed by atoms with Crippen molar-refractivity contribution in [2.24, 2.45) is 10.7 Å². The Bertz CT molecular complexity index is 573. The number of benzene rings is 1. The van der Waals surface area contributed by atoms with Gasteiger partial charge in [-0.1, -0.05) is 6.92 Å². The summed E-state index contributed by atoms with van der Waals surface area (Å²) in [5, 5.41) is 3.24. The number of ether oxygens (including phenoxy) is 3. The zero-order valence-electron chi connectivity index (χ0n) is 16.1. The second-order valence-corrected chi connectivity index (χ2v) is 6.04. The predicted octanol–water partition coefficient (Wildman–Crippen LogP) is 2.22. The highest BCUT2D eigenvalue weighted by molar-refractivity contribution is 14.0. The van der Waals surface area contributed by atoms with E-state index in [1.165, 1.54) is 19.4 Å². The Morgan fingerprint density at radius 1 is 1.23 bits per heavy atom. The largest absolute Gasteiger partial charge is 0.493 e. The second-order valence-electron chi connectivity index (χ2n) is 6.04. The quantitative estimate of drug-likeness (QED) is 0.339. The zero-order chi connectivity index (χ0) is 18.2. The lowest BCUT2D eigenvalue weighted by Gasteiger charge is -2.23. The minimum atomic E-state index is 0. The van der Waals surface area contributed by atoms with Crippen LogP contribution in [0.2, 0.25) is 0 Å². The molecule has 1 saturated heterocycles. The normalized spacial score (nSPS) is 17.5. The highest BCUT2D eigenvalue weighted by Gasteiger charge is 2.22. The van der Waals surface area contributed by atoms with Crippen LogP contribution in [0.5, 0.6) is 17.2 Å². The molecule has 0 spiro atoms. The second kappa shape index (κ2) is 11.3. The van der Waals surface area contributed by atoms with Crippen LogP contribution in [0.15, 0.2) is 17.1 Å². The molecule has 1 heterocycles. The van der Waals surface area contributed by atoms with E-state index in [9.17, 15) is 0 Å². The molecule has 1 atom stereocenters. The van der Waals surface area contributed by atoms with Gasteiger partial charge in [0.2, 0.25) is 5.75 Å². The van der Waals surface area contributed by atoms with Gasteiger partial charge in [0.15, 0.2) is 17.5 Å². The van der Waals surface area contributed by atoms with Crippen molar-refractivity contribution < 1.29 is 14.2 Å². The van der Waals surface area contributed by atoms with Gasteiger partial charge in [0.05, 0.1) is 27.9 Å². The van der Waals surface area contributed by atoms with Crippen LogP contribution >= 0.6 is 24.0 Å². The molecule has 1 aliphatic rings. The molecular weight excluding hydrogens is 447 g/mol. The highest BCUT2D eigenvalue weighted by atomic mass is 127. The van der Waals surface area contributed by atoms with Gasteiger partial charge >= 0.3 is 0 Å². The maximum absolute atomic E-state index is 6.02. The number of guanidine groups is 1. The summed E-state index contributed by atoms with van der Waals surface area (Å²) in [4.78, 5) is 6.90. The average Bonchev–Trinajstić information content (AvgIpc) is 3.11. The monoisotopic (exact) mass is 478 g/mol. The first-order chi connectivity index (χ1) is 12.1. The third kappa shape index (κ3) is 5.80. The van der Waals surface area contributed by atoms with Crippen molar-refractivity contribution in [1.82, 2.24) is 10.2 Å². The lowest BCUT2D eigenvalue weighted by atomic mass is 10.2. The van der Waals surface area contributed by atoms with Crippen molar-refractivity contribution in [1.29, 1.82) is 0 Å². The lowest BCUT2D eigenvalue weighted by molar-refractivity contribution is 0.267. The topological polar surface area (TPSA) is 81.3 Å². The molecule has 148 valence electrons. The lowest BCUT2D eigenvalue weighted by Crippen LogP contribution is -2.42. The molecule has 0 amide bonds. The molecule has 2 rings (SSSR count). The summed E-state index contributed by atoms with van der Waals surface area (Å²) >= 11 is 0. The van der Waals surface area contributed by atoms with E-state index in [4.69, 9.17) is 19.9 Å². The number of rotatable bonds is 8. The number of nitrogens with one attached hydrogen (secondary N) is 1. The number of hydrogen-bond donors (Lipinski definition) is 2. The fourth-order valence-corrected chi connectivity index (χ4v) is 3.22. The van der Waals surface area contributed by atoms with E-state index in [2.05, 4.69) is 22.1 Å². The smallest absolute Gasteiger partial charge is 0.203 e. The van der Waals surface area contributed by atoms with Crippen LogP contribution in [0, 0.1) is 0 Å². The number of aliphatic imine (C=N–C) groups is 1. The predicted molar refractivity (Wildman–Crippen MR) is 115 cm³/mol. The van der Waals surface area contributed by atoms with E-state index in [1.807, 2.05) is 12.1 Å². The van der Waals surface area contributed by atoms with E-state index >= 15 is 0 Å². The van der Waals surface area contributed by atoms with Crippen molar-refractivity contribution in [3.05, 3.63) is 17.7 Å². The van der Waals surface area contributed by atoms with Crippen molar-refractivity contribution >= 4 is 29.9 Å². The molecule has 0 saturated carbocycles. The molecule has 7 nitrogen and oxygen atoms in total. The van der Waals surface area contributed by atoms with Crippen molar-refractivity contribution in [2.75, 3.05) is 41.0 Å². The number of nitrogens with zero attached hydrogens (tertiary/aromatic N) is 2. The zero-order valence-corrected chi connectivity index (χ0v) is 18.4.